The van der Waals surface area contributed by atoms with E-state index in [1.54, 1.807) is 11.0 Å². The van der Waals surface area contributed by atoms with Crippen molar-refractivity contribution in [3.63, 3.8) is 0 Å². The Bertz CT molecular complexity index is 1450. The molecule has 39 heavy (non-hydrogen) atoms. The summed E-state index contributed by atoms with van der Waals surface area (Å²) in [6, 6.07) is 6.96. The highest BCUT2D eigenvalue weighted by Gasteiger charge is 2.59. The van der Waals surface area contributed by atoms with Crippen LogP contribution in [0.4, 0.5) is 11.4 Å². The first-order chi connectivity index (χ1) is 18.7. The van der Waals surface area contributed by atoms with Crippen LogP contribution < -0.4 is 4.31 Å². The summed E-state index contributed by atoms with van der Waals surface area (Å²) in [7, 11) is 1.32. The number of aliphatic hydroxyl groups excluding tert-OH is 1. The molecule has 4 unspecified atom stereocenters. The summed E-state index contributed by atoms with van der Waals surface area (Å²) in [4.78, 5) is 39.8. The van der Waals surface area contributed by atoms with E-state index in [2.05, 4.69) is 6.58 Å². The number of β-lactam (4-membered cyclic amide) rings is 1. The Morgan fingerprint density at radius 2 is 2.08 bits per heavy atom. The van der Waals surface area contributed by atoms with Gasteiger partial charge in [-0.05, 0) is 54.0 Å². The topological polar surface area (TPSA) is 113 Å². The van der Waals surface area contributed by atoms with Gasteiger partial charge in [0.15, 0.2) is 0 Å². The number of ether oxygens (including phenoxy) is 1. The zero-order chi connectivity index (χ0) is 28.0. The van der Waals surface area contributed by atoms with Crippen LogP contribution in [0, 0.1) is 27.9 Å². The zero-order valence-electron chi connectivity index (χ0n) is 22.1. The van der Waals surface area contributed by atoms with Gasteiger partial charge >= 0.3 is 5.97 Å². The number of nitrogens with zero attached hydrogens (tertiary/aromatic N) is 3. The molecule has 1 fully saturated rings. The van der Waals surface area contributed by atoms with E-state index >= 15 is 0 Å². The lowest BCUT2D eigenvalue weighted by Gasteiger charge is -2.47. The number of carbonyl (C=O) groups excluding carboxylic acids is 2. The number of anilines is 1. The van der Waals surface area contributed by atoms with Crippen molar-refractivity contribution in [2.75, 3.05) is 24.6 Å². The zero-order valence-corrected chi connectivity index (χ0v) is 22.9. The Balaban J connectivity index is 1.44. The van der Waals surface area contributed by atoms with Crippen LogP contribution in [0.3, 0.4) is 0 Å². The molecule has 0 spiro atoms. The average molecular weight is 550 g/mol. The summed E-state index contributed by atoms with van der Waals surface area (Å²) >= 11 is 1.50. The fraction of sp³-hybridized carbons (Fsp3) is 0.379. The van der Waals surface area contributed by atoms with Crippen LogP contribution in [0.15, 0.2) is 65.2 Å². The maximum Gasteiger partial charge on any atom is 0.355 e. The minimum absolute atomic E-state index is 0.0270. The first kappa shape index (κ1) is 27.0. The third-order valence-electron chi connectivity index (χ3n) is 8.02. The van der Waals surface area contributed by atoms with Gasteiger partial charge in [-0.15, -0.1) is 6.58 Å². The quantitative estimate of drug-likeness (QED) is 0.113. The summed E-state index contributed by atoms with van der Waals surface area (Å²) in [6.45, 7) is 8.26. The molecule has 1 N–H and O–H groups in total. The molecular weight excluding hydrogens is 518 g/mol. The van der Waals surface area contributed by atoms with Crippen LogP contribution in [0.5, 0.6) is 0 Å². The fourth-order valence-electron chi connectivity index (χ4n) is 6.24. The number of rotatable bonds is 10. The normalized spacial score (nSPS) is 22.5. The maximum atomic E-state index is 13.1. The minimum atomic E-state index is -0.524. The number of nitro benzene ring substituents is 1. The second-order valence-corrected chi connectivity index (χ2v) is 11.2. The van der Waals surface area contributed by atoms with Crippen molar-refractivity contribution in [2.24, 2.45) is 17.8 Å². The molecule has 0 aliphatic carbocycles. The number of carbonyl (C=O) groups is 2. The molecule has 9 nitrogen and oxygen atoms in total. The summed E-state index contributed by atoms with van der Waals surface area (Å²) in [6.07, 6.45) is 6.73. The number of methoxy groups -OCH3 is 1. The molecular formula is C29H31N3O6S. The largest absolute Gasteiger partial charge is 0.464 e. The number of fused-ring (bicyclic) bond motifs is 1. The number of hydrogen-bond donors (Lipinski definition) is 1. The van der Waals surface area contributed by atoms with Crippen molar-refractivity contribution in [1.29, 1.82) is 0 Å². The first-order valence-corrected chi connectivity index (χ1v) is 13.7. The van der Waals surface area contributed by atoms with E-state index in [4.69, 9.17) is 4.74 Å². The summed E-state index contributed by atoms with van der Waals surface area (Å²) in [5, 5.41) is 22.7. The number of esters is 1. The third kappa shape index (κ3) is 4.22. The van der Waals surface area contributed by atoms with Crippen molar-refractivity contribution in [3.05, 3.63) is 76.0 Å². The summed E-state index contributed by atoms with van der Waals surface area (Å²) in [5.74, 6) is -0.665. The standard InChI is InChI=1S/C29H31N3O6S/c1-5-7-16(2)23-26-17(3)19(27(29(35)38-4)31(26)28(23)34)8-6-14-30-20-10-11-21(32(36)37)24-18(13-15-33)9-12-22(39-30)25(20)24/h5-6,8-12,16-17,23,26,33H,1,7,13-15H2,2-4H3/b8-6+. The SMILES string of the molecule is C=CCC(C)C1C(=O)N2C(C(=O)OC)=C(/C=C/CN3Sc4ccc(CCO)c5c([N+](=O)[O-])ccc3c45)C(C)C12. The predicted molar refractivity (Wildman–Crippen MR) is 150 cm³/mol. The molecule has 3 heterocycles. The molecule has 0 bridgehead atoms. The average Bonchev–Trinajstić information content (AvgIpc) is 3.39. The highest BCUT2D eigenvalue weighted by Crippen LogP contribution is 2.51. The monoisotopic (exact) mass is 549 g/mol. The number of amides is 1. The molecule has 5 rings (SSSR count). The Kier molecular flexibility index (Phi) is 7.26. The van der Waals surface area contributed by atoms with Gasteiger partial charge in [-0.1, -0.05) is 38.1 Å². The van der Waals surface area contributed by atoms with Crippen LogP contribution in [0.2, 0.25) is 0 Å². The lowest BCUT2D eigenvalue weighted by atomic mass is 9.73. The molecule has 0 saturated carbocycles. The van der Waals surface area contributed by atoms with Crippen LogP contribution >= 0.6 is 11.9 Å². The molecule has 3 aliphatic rings. The Labute approximate surface area is 231 Å². The van der Waals surface area contributed by atoms with Gasteiger partial charge in [0, 0.05) is 35.4 Å². The lowest BCUT2D eigenvalue weighted by molar-refractivity contribution is -0.383. The van der Waals surface area contributed by atoms with Crippen LogP contribution in [0.1, 0.15) is 25.8 Å². The molecule has 10 heteroatoms. The highest BCUT2D eigenvalue weighted by atomic mass is 32.2. The smallest absolute Gasteiger partial charge is 0.355 e. The highest BCUT2D eigenvalue weighted by molar-refractivity contribution is 8.01. The van der Waals surface area contributed by atoms with E-state index < -0.39 is 5.97 Å². The Morgan fingerprint density at radius 1 is 1.31 bits per heavy atom. The summed E-state index contributed by atoms with van der Waals surface area (Å²) in [5.41, 5.74) is 2.71. The number of aliphatic hydroxyl groups is 1. The van der Waals surface area contributed by atoms with E-state index in [1.807, 2.05) is 48.5 Å². The predicted octanol–water partition coefficient (Wildman–Crippen LogP) is 4.78. The Hall–Kier alpha value is -3.63. The van der Waals surface area contributed by atoms with E-state index in [1.165, 1.54) is 25.1 Å². The van der Waals surface area contributed by atoms with Crippen LogP contribution in [-0.4, -0.2) is 53.1 Å². The number of benzene rings is 2. The third-order valence-corrected chi connectivity index (χ3v) is 9.13. The van der Waals surface area contributed by atoms with E-state index in [9.17, 15) is 24.8 Å². The van der Waals surface area contributed by atoms with Crippen molar-refractivity contribution in [1.82, 2.24) is 4.90 Å². The molecule has 1 amide bonds. The van der Waals surface area contributed by atoms with E-state index in [-0.39, 0.29) is 46.9 Å². The van der Waals surface area contributed by atoms with Gasteiger partial charge < -0.3 is 19.0 Å². The number of hydrogen-bond acceptors (Lipinski definition) is 8. The van der Waals surface area contributed by atoms with Crippen molar-refractivity contribution >= 4 is 46.0 Å². The van der Waals surface area contributed by atoms with Gasteiger partial charge in [0.1, 0.15) is 5.70 Å². The van der Waals surface area contributed by atoms with Gasteiger partial charge in [0.2, 0.25) is 5.91 Å². The molecule has 2 aromatic rings. The van der Waals surface area contributed by atoms with Crippen LogP contribution in [-0.2, 0) is 20.7 Å². The first-order valence-electron chi connectivity index (χ1n) is 13.0. The van der Waals surface area contributed by atoms with Gasteiger partial charge in [0.05, 0.1) is 35.1 Å². The number of allylic oxidation sites excluding steroid dienone is 2. The molecule has 4 atom stereocenters. The molecule has 1 saturated heterocycles. The van der Waals surface area contributed by atoms with E-state index in [0.29, 0.717) is 24.0 Å². The Morgan fingerprint density at radius 3 is 2.74 bits per heavy atom. The second-order valence-electron chi connectivity index (χ2n) is 10.2. The number of nitro groups is 1. The number of non-ortho nitro benzene ring substituents is 1. The van der Waals surface area contributed by atoms with Gasteiger partial charge in [-0.3, -0.25) is 14.9 Å². The maximum absolute atomic E-state index is 13.1. The molecule has 3 aliphatic heterocycles. The van der Waals surface area contributed by atoms with Gasteiger partial charge in [-0.25, -0.2) is 4.79 Å². The molecule has 0 aromatic heterocycles. The second kappa shape index (κ2) is 10.5. The van der Waals surface area contributed by atoms with Crippen molar-refractivity contribution < 1.29 is 24.4 Å². The minimum Gasteiger partial charge on any atom is -0.464 e. The molecule has 204 valence electrons. The fourth-order valence-corrected chi connectivity index (χ4v) is 7.31. The van der Waals surface area contributed by atoms with Crippen molar-refractivity contribution in [3.8, 4) is 0 Å². The van der Waals surface area contributed by atoms with E-state index in [0.717, 1.165) is 33.5 Å². The molecule has 0 radical (unpaired) electrons. The van der Waals surface area contributed by atoms with Crippen molar-refractivity contribution in [2.45, 2.75) is 37.6 Å². The van der Waals surface area contributed by atoms with Gasteiger partial charge in [-0.2, -0.15) is 0 Å². The summed E-state index contributed by atoms with van der Waals surface area (Å²) < 4.78 is 7.10. The lowest BCUT2D eigenvalue weighted by Crippen LogP contribution is -2.62. The van der Waals surface area contributed by atoms with Gasteiger partial charge in [0.25, 0.3) is 5.69 Å². The molecule has 2 aromatic carbocycles. The van der Waals surface area contributed by atoms with Crippen LogP contribution in [0.25, 0.3) is 10.8 Å².